The first-order valence-corrected chi connectivity index (χ1v) is 16.1. The van der Waals surface area contributed by atoms with Gasteiger partial charge in [-0.05, 0) is 91.4 Å². The molecule has 0 spiro atoms. The molecule has 0 heterocycles. The second-order valence-corrected chi connectivity index (χ2v) is 14.8. The highest BCUT2D eigenvalue weighted by Crippen LogP contribution is 2.54. The number of primary amides is 1. The van der Waals surface area contributed by atoms with Crippen LogP contribution in [0.1, 0.15) is 68.7 Å². The number of nitrogens with zero attached hydrogens (tertiary/aromatic N) is 1. The van der Waals surface area contributed by atoms with Crippen molar-refractivity contribution in [2.45, 2.75) is 76.4 Å². The van der Waals surface area contributed by atoms with E-state index in [1.54, 1.807) is 14.1 Å². The van der Waals surface area contributed by atoms with Crippen LogP contribution in [0.4, 0.5) is 0 Å². The highest BCUT2D eigenvalue weighted by molar-refractivity contribution is 6.24. The molecule has 248 valence electrons. The third-order valence-corrected chi connectivity index (χ3v) is 10.5. The minimum absolute atomic E-state index is 0.00652. The van der Waals surface area contributed by atoms with Gasteiger partial charge in [0.1, 0.15) is 28.6 Å². The zero-order valence-electron chi connectivity index (χ0n) is 27.4. The Hall–Kier alpha value is -4.28. The number of fused-ring (bicyclic) bond motifs is 3. The van der Waals surface area contributed by atoms with Crippen molar-refractivity contribution in [3.63, 3.8) is 0 Å². The number of hydrogen-bond donors (Lipinski definition) is 5. The van der Waals surface area contributed by atoms with E-state index in [0.29, 0.717) is 11.1 Å². The van der Waals surface area contributed by atoms with Gasteiger partial charge in [-0.3, -0.25) is 24.1 Å². The van der Waals surface area contributed by atoms with Crippen LogP contribution in [0.2, 0.25) is 0 Å². The topological polar surface area (TPSA) is 178 Å². The number of aryl methyl sites for hydroxylation is 1. The molecule has 10 heteroatoms. The monoisotopic (exact) mass is 642 g/mol. The number of aromatic hydroxyl groups is 1. The number of aliphatic hydroxyl groups is 3. The van der Waals surface area contributed by atoms with Crippen LogP contribution in [-0.2, 0) is 37.4 Å². The number of phenols is 1. The molecule has 0 aromatic heterocycles. The second kappa shape index (κ2) is 11.2. The summed E-state index contributed by atoms with van der Waals surface area (Å²) in [4.78, 5) is 54.1. The molecule has 2 aromatic carbocycles. The number of likely N-dealkylation sites (N-methyl/N-ethyl adjacent to an activating group) is 1. The molecule has 6 rings (SSSR count). The number of carbonyl (C=O) groups excluding carboxylic acids is 4. The van der Waals surface area contributed by atoms with Crippen LogP contribution in [0, 0.1) is 17.8 Å². The number of Topliss-reactive ketones (excluding diaryl/α,β-unsaturated/α-hetero) is 3. The van der Waals surface area contributed by atoms with Crippen LogP contribution in [0.15, 0.2) is 47.2 Å². The van der Waals surface area contributed by atoms with Gasteiger partial charge in [0.05, 0.1) is 11.6 Å². The van der Waals surface area contributed by atoms with Gasteiger partial charge in [0.25, 0.3) is 5.91 Å². The molecule has 6 N–H and O–H groups in total. The molecule has 0 radical (unpaired) electrons. The Bertz CT molecular complexity index is 1790. The minimum atomic E-state index is -2.71. The molecule has 4 atom stereocenters. The molecule has 0 saturated heterocycles. The average molecular weight is 643 g/mol. The molecule has 0 bridgehead atoms. The molecule has 0 aliphatic heterocycles. The predicted molar refractivity (Wildman–Crippen MR) is 174 cm³/mol. The van der Waals surface area contributed by atoms with E-state index in [-0.39, 0.29) is 59.7 Å². The number of benzene rings is 2. The summed E-state index contributed by atoms with van der Waals surface area (Å²) in [6.07, 6.45) is 2.35. The third-order valence-electron chi connectivity index (χ3n) is 10.5. The van der Waals surface area contributed by atoms with Crippen molar-refractivity contribution in [3.05, 3.63) is 69.5 Å². The summed E-state index contributed by atoms with van der Waals surface area (Å²) in [5, 5.41) is 46.6. The zero-order chi connectivity index (χ0) is 34.3. The van der Waals surface area contributed by atoms with Crippen LogP contribution in [-0.4, -0.2) is 74.3 Å². The minimum Gasteiger partial charge on any atom is -0.508 e. The SMILES string of the molecule is CN(C)[C@H]1C(=O)C(C(N)=O)=C(O)[C@]2(O)C(=O)C3=C(O)c4c(O)c(CCC(=O)C5CC5)cc(-c5ccc(C(C)(C)C)cc5)c4C[C@@H]3C[C@H]12. The number of carbonyl (C=O) groups is 4. The van der Waals surface area contributed by atoms with Crippen molar-refractivity contribution in [3.8, 4) is 16.9 Å². The third kappa shape index (κ3) is 5.09. The molecule has 2 fully saturated rings. The Morgan fingerprint density at radius 2 is 1.68 bits per heavy atom. The largest absolute Gasteiger partial charge is 0.508 e. The van der Waals surface area contributed by atoms with Gasteiger partial charge in [0.15, 0.2) is 11.4 Å². The van der Waals surface area contributed by atoms with E-state index in [0.717, 1.165) is 29.5 Å². The Morgan fingerprint density at radius 1 is 1.04 bits per heavy atom. The maximum atomic E-state index is 14.3. The maximum absolute atomic E-state index is 14.3. The van der Waals surface area contributed by atoms with Crippen molar-refractivity contribution in [2.75, 3.05) is 14.1 Å². The van der Waals surface area contributed by atoms with Gasteiger partial charge in [-0.2, -0.15) is 0 Å². The quantitative estimate of drug-likeness (QED) is 0.281. The van der Waals surface area contributed by atoms with E-state index in [1.807, 2.05) is 30.3 Å². The van der Waals surface area contributed by atoms with E-state index in [4.69, 9.17) is 5.73 Å². The lowest BCUT2D eigenvalue weighted by atomic mass is 9.57. The van der Waals surface area contributed by atoms with Crippen molar-refractivity contribution < 1.29 is 39.6 Å². The molecule has 1 amide bonds. The highest BCUT2D eigenvalue weighted by atomic mass is 16.3. The Labute approximate surface area is 273 Å². The first kappa shape index (κ1) is 32.7. The maximum Gasteiger partial charge on any atom is 0.255 e. The number of nitrogens with two attached hydrogens (primary N) is 1. The number of ketones is 3. The summed E-state index contributed by atoms with van der Waals surface area (Å²) >= 11 is 0. The smallest absolute Gasteiger partial charge is 0.255 e. The van der Waals surface area contributed by atoms with Crippen LogP contribution in [0.3, 0.4) is 0 Å². The standard InChI is InChI=1S/C37H42N2O8/c1-36(2,3)21-11-8-17(9-12-21)22-14-19(10-13-25(40)18-6-7-18)30(41)27-23(22)15-20-16-24-29(39(4)5)32(43)28(35(38)46)34(45)37(24,47)33(44)26(20)31(27)42/h8-9,11-12,14,18,20,24,29,41-42,45,47H,6-7,10,13,15-16H2,1-5H3,(H2,38,46)/t20-,24-,29-,37-/m1/s1. The van der Waals surface area contributed by atoms with E-state index in [1.165, 1.54) is 4.90 Å². The summed E-state index contributed by atoms with van der Waals surface area (Å²) in [6, 6.07) is 8.70. The van der Waals surface area contributed by atoms with Crippen molar-refractivity contribution in [1.82, 2.24) is 4.90 Å². The second-order valence-electron chi connectivity index (χ2n) is 14.8. The zero-order valence-corrected chi connectivity index (χ0v) is 27.4. The number of amides is 1. The fraction of sp³-hybridized carbons (Fsp3) is 0.459. The summed E-state index contributed by atoms with van der Waals surface area (Å²) in [5.41, 5.74) is 5.32. The number of phenolic OH excluding ortho intramolecular Hbond substituents is 1. The van der Waals surface area contributed by atoms with Crippen LogP contribution >= 0.6 is 0 Å². The first-order valence-electron chi connectivity index (χ1n) is 16.1. The first-order chi connectivity index (χ1) is 22.0. The summed E-state index contributed by atoms with van der Waals surface area (Å²) < 4.78 is 0. The molecule has 4 aliphatic rings. The van der Waals surface area contributed by atoms with Crippen LogP contribution < -0.4 is 5.73 Å². The predicted octanol–water partition coefficient (Wildman–Crippen LogP) is 3.84. The van der Waals surface area contributed by atoms with Crippen LogP contribution in [0.25, 0.3) is 16.9 Å². The number of hydrogen-bond acceptors (Lipinski definition) is 9. The van der Waals surface area contributed by atoms with E-state index in [9.17, 15) is 39.6 Å². The van der Waals surface area contributed by atoms with Gasteiger partial charge >= 0.3 is 0 Å². The Morgan fingerprint density at radius 3 is 2.23 bits per heavy atom. The lowest BCUT2D eigenvalue weighted by molar-refractivity contribution is -0.153. The van der Waals surface area contributed by atoms with Crippen molar-refractivity contribution in [2.24, 2.45) is 23.5 Å². The highest BCUT2D eigenvalue weighted by Gasteiger charge is 2.64. The molecule has 2 saturated carbocycles. The lowest BCUT2D eigenvalue weighted by Crippen LogP contribution is -2.65. The summed E-state index contributed by atoms with van der Waals surface area (Å²) in [5.74, 6) is -6.73. The number of aliphatic hydroxyl groups excluding tert-OH is 2. The van der Waals surface area contributed by atoms with Crippen molar-refractivity contribution in [1.29, 1.82) is 0 Å². The Balaban J connectivity index is 1.54. The van der Waals surface area contributed by atoms with E-state index in [2.05, 4.69) is 20.8 Å². The molecule has 4 aliphatic carbocycles. The number of rotatable bonds is 7. The molecular formula is C37H42N2O8. The molecule has 47 heavy (non-hydrogen) atoms. The van der Waals surface area contributed by atoms with Gasteiger partial charge in [-0.25, -0.2) is 0 Å². The molecule has 2 aromatic rings. The fourth-order valence-corrected chi connectivity index (χ4v) is 7.83. The van der Waals surface area contributed by atoms with E-state index < -0.39 is 58.0 Å². The van der Waals surface area contributed by atoms with Gasteiger partial charge in [0.2, 0.25) is 5.78 Å². The van der Waals surface area contributed by atoms with Gasteiger partial charge in [-0.1, -0.05) is 45.0 Å². The molecule has 0 unspecified atom stereocenters. The van der Waals surface area contributed by atoms with Gasteiger partial charge in [0, 0.05) is 23.8 Å². The molecule has 10 nitrogen and oxygen atoms in total. The van der Waals surface area contributed by atoms with Crippen molar-refractivity contribution >= 4 is 29.0 Å². The van der Waals surface area contributed by atoms with Gasteiger partial charge in [-0.15, -0.1) is 0 Å². The lowest BCUT2D eigenvalue weighted by Gasteiger charge is -2.50. The summed E-state index contributed by atoms with van der Waals surface area (Å²) in [6.45, 7) is 6.34. The fourth-order valence-electron chi connectivity index (χ4n) is 7.83. The van der Waals surface area contributed by atoms with Crippen LogP contribution in [0.5, 0.6) is 5.75 Å². The summed E-state index contributed by atoms with van der Waals surface area (Å²) in [7, 11) is 3.14. The molecular weight excluding hydrogens is 600 g/mol. The van der Waals surface area contributed by atoms with E-state index >= 15 is 0 Å². The van der Waals surface area contributed by atoms with Gasteiger partial charge < -0.3 is 26.2 Å². The Kier molecular flexibility index (Phi) is 7.76. The normalized spacial score (nSPS) is 25.9. The average Bonchev–Trinajstić information content (AvgIpc) is 3.84.